The van der Waals surface area contributed by atoms with Crippen LogP contribution >= 0.6 is 0 Å². The van der Waals surface area contributed by atoms with Crippen molar-refractivity contribution in [3.05, 3.63) is 59.4 Å². The van der Waals surface area contributed by atoms with Gasteiger partial charge in [-0.1, -0.05) is 134 Å². The number of esters is 1. The minimum atomic E-state index is -0.368. The molecule has 0 amide bonds. The van der Waals surface area contributed by atoms with E-state index < -0.39 is 0 Å². The average Bonchev–Trinajstić information content (AvgIpc) is 3.11. The van der Waals surface area contributed by atoms with Crippen LogP contribution in [0.4, 0.5) is 4.39 Å². The first kappa shape index (κ1) is 39.8. The molecule has 1 aliphatic heterocycles. The molecule has 2 aromatic carbocycles. The number of nitrogens with zero attached hydrogens (tertiary/aromatic N) is 1. The zero-order valence-corrected chi connectivity index (χ0v) is 30.6. The summed E-state index contributed by atoms with van der Waals surface area (Å²) in [6.07, 6.45) is 25.3. The summed E-state index contributed by atoms with van der Waals surface area (Å²) >= 11 is 0. The number of ether oxygens (including phenoxy) is 3. The summed E-state index contributed by atoms with van der Waals surface area (Å²) in [6, 6.07) is 12.6. The average molecular weight is 668 g/mol. The van der Waals surface area contributed by atoms with Gasteiger partial charge < -0.3 is 19.1 Å². The lowest BCUT2D eigenvalue weighted by molar-refractivity contribution is -0.153. The molecule has 1 aliphatic rings. The van der Waals surface area contributed by atoms with Crippen LogP contribution in [-0.2, 0) is 16.0 Å². The number of piperidine rings is 1. The maximum atomic E-state index is 13.3. The Bertz CT molecular complexity index is 1120. The van der Waals surface area contributed by atoms with Gasteiger partial charge in [0.2, 0.25) is 0 Å². The molecule has 0 radical (unpaired) electrons. The fourth-order valence-electron chi connectivity index (χ4n) is 7.16. The Labute approximate surface area is 292 Å². The van der Waals surface area contributed by atoms with Crippen LogP contribution in [0.25, 0.3) is 0 Å². The molecule has 1 saturated heterocycles. The van der Waals surface area contributed by atoms with Gasteiger partial charge in [-0.15, -0.1) is 0 Å². The molecule has 5 nitrogen and oxygen atoms in total. The highest BCUT2D eigenvalue weighted by Gasteiger charge is 2.33. The summed E-state index contributed by atoms with van der Waals surface area (Å²) in [7, 11) is 3.29. The van der Waals surface area contributed by atoms with Gasteiger partial charge in [-0.05, 0) is 62.5 Å². The lowest BCUT2D eigenvalue weighted by atomic mass is 9.86. The van der Waals surface area contributed by atoms with Gasteiger partial charge >= 0.3 is 5.97 Å². The first-order valence-electron chi connectivity index (χ1n) is 19.4. The fourth-order valence-corrected chi connectivity index (χ4v) is 7.16. The maximum absolute atomic E-state index is 13.3. The third-order valence-corrected chi connectivity index (χ3v) is 10.2. The van der Waals surface area contributed by atoms with Crippen molar-refractivity contribution in [2.24, 2.45) is 5.92 Å². The van der Waals surface area contributed by atoms with Crippen molar-refractivity contribution in [3.8, 4) is 11.5 Å². The van der Waals surface area contributed by atoms with Crippen LogP contribution in [-0.4, -0.2) is 44.7 Å². The van der Waals surface area contributed by atoms with Gasteiger partial charge in [0.1, 0.15) is 11.9 Å². The molecule has 1 fully saturated rings. The molecule has 48 heavy (non-hydrogen) atoms. The molecule has 1 heterocycles. The third kappa shape index (κ3) is 15.3. The topological polar surface area (TPSA) is 48.0 Å². The lowest BCUT2D eigenvalue weighted by Crippen LogP contribution is -2.37. The molecule has 0 saturated carbocycles. The fraction of sp³-hybridized carbons (Fsp3) is 0.690. The monoisotopic (exact) mass is 667 g/mol. The Balaban J connectivity index is 1.35. The van der Waals surface area contributed by atoms with E-state index in [0.717, 1.165) is 62.9 Å². The van der Waals surface area contributed by atoms with Gasteiger partial charge in [0.15, 0.2) is 11.5 Å². The largest absolute Gasteiger partial charge is 0.493 e. The molecular formula is C42H66FNO4. The summed E-state index contributed by atoms with van der Waals surface area (Å²) in [5.74, 6) is 1.19. The van der Waals surface area contributed by atoms with Crippen molar-refractivity contribution in [3.63, 3.8) is 0 Å². The molecule has 0 aliphatic carbocycles. The van der Waals surface area contributed by atoms with Crippen LogP contribution < -0.4 is 9.47 Å². The van der Waals surface area contributed by atoms with Crippen LogP contribution in [0, 0.1) is 11.7 Å². The zero-order chi connectivity index (χ0) is 34.2. The van der Waals surface area contributed by atoms with E-state index >= 15 is 0 Å². The summed E-state index contributed by atoms with van der Waals surface area (Å²) in [5.41, 5.74) is 2.04. The molecule has 0 N–H and O–H groups in total. The quantitative estimate of drug-likeness (QED) is 0.0738. The minimum Gasteiger partial charge on any atom is -0.493 e. The normalized spacial score (nSPS) is 14.6. The highest BCUT2D eigenvalue weighted by molar-refractivity contribution is 5.70. The second-order valence-electron chi connectivity index (χ2n) is 14.0. The van der Waals surface area contributed by atoms with Crippen LogP contribution in [0.2, 0.25) is 0 Å². The first-order valence-corrected chi connectivity index (χ1v) is 19.4. The van der Waals surface area contributed by atoms with Gasteiger partial charge in [0.25, 0.3) is 0 Å². The van der Waals surface area contributed by atoms with Crippen molar-refractivity contribution >= 4 is 5.97 Å². The third-order valence-electron chi connectivity index (χ3n) is 10.2. The van der Waals surface area contributed by atoms with Crippen LogP contribution in [0.3, 0.4) is 0 Å². The minimum absolute atomic E-state index is 0.121. The van der Waals surface area contributed by atoms with Crippen LogP contribution in [0.1, 0.15) is 153 Å². The molecule has 0 spiro atoms. The number of hydrogen-bond acceptors (Lipinski definition) is 5. The number of benzene rings is 2. The number of hydrogen-bond donors (Lipinski definition) is 0. The van der Waals surface area contributed by atoms with E-state index in [-0.39, 0.29) is 23.8 Å². The number of halogens is 1. The predicted molar refractivity (Wildman–Crippen MR) is 196 cm³/mol. The van der Waals surface area contributed by atoms with Gasteiger partial charge in [0.05, 0.1) is 14.2 Å². The number of carbonyl (C=O) groups is 1. The van der Waals surface area contributed by atoms with Crippen molar-refractivity contribution in [2.75, 3.05) is 33.9 Å². The second kappa shape index (κ2) is 24.5. The van der Waals surface area contributed by atoms with Gasteiger partial charge in [-0.25, -0.2) is 4.39 Å². The molecule has 1 atom stereocenters. The van der Waals surface area contributed by atoms with E-state index in [1.165, 1.54) is 108 Å². The number of rotatable bonds is 26. The van der Waals surface area contributed by atoms with Crippen molar-refractivity contribution < 1.29 is 23.4 Å². The van der Waals surface area contributed by atoms with Crippen molar-refractivity contribution in [2.45, 2.75) is 148 Å². The maximum Gasteiger partial charge on any atom is 0.306 e. The lowest BCUT2D eigenvalue weighted by Gasteiger charge is -2.36. The highest BCUT2D eigenvalue weighted by Crippen LogP contribution is 2.42. The Kier molecular flexibility index (Phi) is 20.3. The molecule has 3 rings (SSSR count). The van der Waals surface area contributed by atoms with E-state index in [4.69, 9.17) is 14.2 Å². The van der Waals surface area contributed by atoms with E-state index in [2.05, 4.69) is 11.8 Å². The number of carbonyl (C=O) groups excluding carboxylic acids is 1. The van der Waals surface area contributed by atoms with Crippen LogP contribution in [0.5, 0.6) is 11.5 Å². The highest BCUT2D eigenvalue weighted by atomic mass is 19.1. The Hall–Kier alpha value is -2.60. The number of unbranched alkanes of at least 4 members (excludes halogenated alkanes) is 16. The molecular weight excluding hydrogens is 601 g/mol. The summed E-state index contributed by atoms with van der Waals surface area (Å²) in [4.78, 5) is 15.7. The Morgan fingerprint density at radius 3 is 1.81 bits per heavy atom. The zero-order valence-electron chi connectivity index (χ0n) is 30.6. The van der Waals surface area contributed by atoms with E-state index in [0.29, 0.717) is 17.9 Å². The van der Waals surface area contributed by atoms with Gasteiger partial charge in [0, 0.05) is 24.4 Å². The molecule has 6 heteroatoms. The smallest absolute Gasteiger partial charge is 0.306 e. The standard InChI is InChI=1S/C42H66FNO4/c1-4-5-6-7-8-9-10-11-12-13-14-15-16-17-18-19-20-24-40(45)48-41(38-22-21-23-39(46-2)42(38)47-3)36-30-33-44(34-31-36)32-29-35-25-27-37(43)28-26-35/h21-23,25-28,36,41H,4-20,24,29-34H2,1-3H3/t41-/m1/s1. The SMILES string of the molecule is CCCCCCCCCCCCCCCCCCCC(=O)O[C@@H](c1cccc(OC)c1OC)C1CCN(CCc2ccc(F)cc2)CC1. The van der Waals surface area contributed by atoms with E-state index in [1.54, 1.807) is 14.2 Å². The Morgan fingerprint density at radius 2 is 1.29 bits per heavy atom. The first-order chi connectivity index (χ1) is 23.5. The van der Waals surface area contributed by atoms with Crippen molar-refractivity contribution in [1.29, 1.82) is 0 Å². The summed E-state index contributed by atoms with van der Waals surface area (Å²) < 4.78 is 31.0. The van der Waals surface area contributed by atoms with Gasteiger partial charge in [-0.2, -0.15) is 0 Å². The number of methoxy groups -OCH3 is 2. The number of likely N-dealkylation sites (tertiary alicyclic amines) is 1. The summed E-state index contributed by atoms with van der Waals surface area (Å²) in [6.45, 7) is 5.09. The molecule has 270 valence electrons. The second-order valence-corrected chi connectivity index (χ2v) is 14.0. The summed E-state index contributed by atoms with van der Waals surface area (Å²) in [5, 5.41) is 0. The molecule has 2 aromatic rings. The van der Waals surface area contributed by atoms with E-state index in [9.17, 15) is 9.18 Å². The van der Waals surface area contributed by atoms with Crippen molar-refractivity contribution in [1.82, 2.24) is 4.90 Å². The predicted octanol–water partition coefficient (Wildman–Crippen LogP) is 11.4. The van der Waals surface area contributed by atoms with Gasteiger partial charge in [-0.3, -0.25) is 4.79 Å². The van der Waals surface area contributed by atoms with E-state index in [1.807, 2.05) is 30.3 Å². The number of para-hydroxylation sites is 1. The molecule has 0 unspecified atom stereocenters. The molecule has 0 bridgehead atoms. The Morgan fingerprint density at radius 1 is 0.750 bits per heavy atom. The van der Waals surface area contributed by atoms with Crippen LogP contribution in [0.15, 0.2) is 42.5 Å². The molecule has 0 aromatic heterocycles.